The summed E-state index contributed by atoms with van der Waals surface area (Å²) in [6, 6.07) is 14.3. The van der Waals surface area contributed by atoms with Crippen molar-refractivity contribution in [2.75, 3.05) is 6.54 Å². The third-order valence-corrected chi connectivity index (χ3v) is 4.72. The van der Waals surface area contributed by atoms with Crippen LogP contribution in [0, 0.1) is 13.8 Å². The highest BCUT2D eigenvalue weighted by atomic mass is 79.9. The van der Waals surface area contributed by atoms with Crippen molar-refractivity contribution in [1.82, 2.24) is 10.3 Å². The number of rotatable bonds is 5. The van der Waals surface area contributed by atoms with Crippen LogP contribution in [0.2, 0.25) is 0 Å². The van der Waals surface area contributed by atoms with Gasteiger partial charge in [0.1, 0.15) is 0 Å². The van der Waals surface area contributed by atoms with E-state index in [4.69, 9.17) is 0 Å². The highest BCUT2D eigenvalue weighted by Gasteiger charge is 2.09. The van der Waals surface area contributed by atoms with Gasteiger partial charge in [0.2, 0.25) is 5.91 Å². The third-order valence-electron chi connectivity index (χ3n) is 4.23. The number of H-pyrrole nitrogens is 1. The van der Waals surface area contributed by atoms with E-state index in [2.05, 4.69) is 58.3 Å². The molecule has 0 aliphatic rings. The van der Waals surface area contributed by atoms with Gasteiger partial charge >= 0.3 is 0 Å². The van der Waals surface area contributed by atoms with Gasteiger partial charge in [-0.1, -0.05) is 39.7 Å². The molecule has 0 fully saturated rings. The summed E-state index contributed by atoms with van der Waals surface area (Å²) in [5.74, 6) is 0.0572. The summed E-state index contributed by atoms with van der Waals surface area (Å²) in [6.07, 6.45) is 1.24. The molecule has 0 bridgehead atoms. The van der Waals surface area contributed by atoms with Gasteiger partial charge < -0.3 is 10.3 Å². The van der Waals surface area contributed by atoms with Crippen LogP contribution in [0.25, 0.3) is 10.9 Å². The number of aryl methyl sites for hydroxylation is 2. The van der Waals surface area contributed by atoms with Crippen molar-refractivity contribution < 1.29 is 4.79 Å². The van der Waals surface area contributed by atoms with Gasteiger partial charge in [0.15, 0.2) is 0 Å². The van der Waals surface area contributed by atoms with Crippen molar-refractivity contribution >= 4 is 32.7 Å². The standard InChI is InChI=1S/C20H21BrN2O/c1-13-6-7-19-18(10-13)17(14(2)23-19)8-9-22-20(24)12-15-4-3-5-16(21)11-15/h3-7,10-11,23H,8-9,12H2,1-2H3,(H,22,24). The number of amides is 1. The second-order valence-corrected chi connectivity index (χ2v) is 7.10. The zero-order valence-corrected chi connectivity index (χ0v) is 15.5. The van der Waals surface area contributed by atoms with Crippen LogP contribution in [-0.4, -0.2) is 17.4 Å². The first-order valence-corrected chi connectivity index (χ1v) is 8.91. The van der Waals surface area contributed by atoms with E-state index in [1.807, 2.05) is 24.3 Å². The number of hydrogen-bond acceptors (Lipinski definition) is 1. The van der Waals surface area contributed by atoms with Crippen molar-refractivity contribution in [3.05, 3.63) is 69.3 Å². The van der Waals surface area contributed by atoms with Crippen LogP contribution in [0.4, 0.5) is 0 Å². The van der Waals surface area contributed by atoms with E-state index < -0.39 is 0 Å². The van der Waals surface area contributed by atoms with Gasteiger partial charge in [-0.25, -0.2) is 0 Å². The molecule has 3 aromatic rings. The molecule has 4 heteroatoms. The van der Waals surface area contributed by atoms with Crippen molar-refractivity contribution in [2.24, 2.45) is 0 Å². The predicted octanol–water partition coefficient (Wildman–Crippen LogP) is 4.45. The molecule has 24 heavy (non-hydrogen) atoms. The molecule has 124 valence electrons. The second-order valence-electron chi connectivity index (χ2n) is 6.18. The highest BCUT2D eigenvalue weighted by Crippen LogP contribution is 2.23. The molecule has 2 N–H and O–H groups in total. The Morgan fingerprint density at radius 3 is 2.79 bits per heavy atom. The average molecular weight is 385 g/mol. The van der Waals surface area contributed by atoms with Crippen LogP contribution in [0.5, 0.6) is 0 Å². The highest BCUT2D eigenvalue weighted by molar-refractivity contribution is 9.10. The van der Waals surface area contributed by atoms with E-state index in [1.54, 1.807) is 0 Å². The number of halogens is 1. The van der Waals surface area contributed by atoms with Gasteiger partial charge in [-0.05, 0) is 55.7 Å². The minimum atomic E-state index is 0.0572. The third kappa shape index (κ3) is 3.88. The summed E-state index contributed by atoms with van der Waals surface area (Å²) in [6.45, 7) is 4.84. The second kappa shape index (κ2) is 7.22. The lowest BCUT2D eigenvalue weighted by atomic mass is 10.1. The lowest BCUT2D eigenvalue weighted by Crippen LogP contribution is -2.27. The van der Waals surface area contributed by atoms with E-state index in [9.17, 15) is 4.79 Å². The van der Waals surface area contributed by atoms with Crippen molar-refractivity contribution in [2.45, 2.75) is 26.7 Å². The lowest BCUT2D eigenvalue weighted by molar-refractivity contribution is -0.120. The van der Waals surface area contributed by atoms with Crippen molar-refractivity contribution in [3.8, 4) is 0 Å². The van der Waals surface area contributed by atoms with Gasteiger partial charge in [-0.2, -0.15) is 0 Å². The minimum absolute atomic E-state index is 0.0572. The van der Waals surface area contributed by atoms with Gasteiger partial charge in [-0.15, -0.1) is 0 Å². The summed E-state index contributed by atoms with van der Waals surface area (Å²) < 4.78 is 0.998. The molecule has 3 nitrogen and oxygen atoms in total. The fourth-order valence-electron chi connectivity index (χ4n) is 3.04. The topological polar surface area (TPSA) is 44.9 Å². The first kappa shape index (κ1) is 16.8. The van der Waals surface area contributed by atoms with Crippen LogP contribution in [0.3, 0.4) is 0 Å². The monoisotopic (exact) mass is 384 g/mol. The summed E-state index contributed by atoms with van der Waals surface area (Å²) in [4.78, 5) is 15.5. The van der Waals surface area contributed by atoms with Gasteiger partial charge in [0.25, 0.3) is 0 Å². The molecular weight excluding hydrogens is 364 g/mol. The molecule has 0 aliphatic heterocycles. The molecule has 0 saturated carbocycles. The molecule has 2 aromatic carbocycles. The van der Waals surface area contributed by atoms with Crippen molar-refractivity contribution in [3.63, 3.8) is 0 Å². The number of fused-ring (bicyclic) bond motifs is 1. The maximum absolute atomic E-state index is 12.1. The molecule has 0 spiro atoms. The van der Waals surface area contributed by atoms with Gasteiger partial charge in [-0.3, -0.25) is 4.79 Å². The molecule has 0 unspecified atom stereocenters. The van der Waals surface area contributed by atoms with Crippen molar-refractivity contribution in [1.29, 1.82) is 0 Å². The molecule has 0 saturated heterocycles. The Morgan fingerprint density at radius 2 is 2.00 bits per heavy atom. The zero-order chi connectivity index (χ0) is 17.1. The molecular formula is C20H21BrN2O. The maximum atomic E-state index is 12.1. The quantitative estimate of drug-likeness (QED) is 0.670. The Hall–Kier alpha value is -2.07. The zero-order valence-electron chi connectivity index (χ0n) is 13.9. The first-order chi connectivity index (χ1) is 11.5. The van der Waals surface area contributed by atoms with E-state index in [0.717, 1.165) is 22.0 Å². The Morgan fingerprint density at radius 1 is 1.17 bits per heavy atom. The Kier molecular flexibility index (Phi) is 5.05. The molecule has 1 amide bonds. The van der Waals surface area contributed by atoms with Crippen LogP contribution in [0.1, 0.15) is 22.4 Å². The number of hydrogen-bond donors (Lipinski definition) is 2. The summed E-state index contributed by atoms with van der Waals surface area (Å²) >= 11 is 3.43. The number of carbonyl (C=O) groups excluding carboxylic acids is 1. The molecule has 3 rings (SSSR count). The van der Waals surface area contributed by atoms with Crippen LogP contribution in [0.15, 0.2) is 46.9 Å². The number of carbonyl (C=O) groups is 1. The lowest BCUT2D eigenvalue weighted by Gasteiger charge is -2.06. The summed E-state index contributed by atoms with van der Waals surface area (Å²) in [7, 11) is 0. The Bertz CT molecular complexity index is 882. The fraction of sp³-hybridized carbons (Fsp3) is 0.250. The molecule has 0 aliphatic carbocycles. The predicted molar refractivity (Wildman–Crippen MR) is 102 cm³/mol. The summed E-state index contributed by atoms with van der Waals surface area (Å²) in [5.41, 5.74) is 5.89. The number of aromatic amines is 1. The maximum Gasteiger partial charge on any atom is 0.224 e. The van der Waals surface area contributed by atoms with Crippen LogP contribution in [-0.2, 0) is 17.6 Å². The van der Waals surface area contributed by atoms with Gasteiger partial charge in [0.05, 0.1) is 6.42 Å². The van der Waals surface area contributed by atoms with E-state index in [1.165, 1.54) is 22.2 Å². The normalized spacial score (nSPS) is 11.0. The molecule has 0 radical (unpaired) electrons. The average Bonchev–Trinajstić information content (AvgIpc) is 2.83. The van der Waals surface area contributed by atoms with Gasteiger partial charge in [0, 0.05) is 27.6 Å². The Labute approximate surface area is 150 Å². The summed E-state index contributed by atoms with van der Waals surface area (Å²) in [5, 5.41) is 4.29. The Balaban J connectivity index is 1.61. The number of benzene rings is 2. The first-order valence-electron chi connectivity index (χ1n) is 8.12. The smallest absolute Gasteiger partial charge is 0.224 e. The molecule has 1 aromatic heterocycles. The van der Waals surface area contributed by atoms with E-state index in [-0.39, 0.29) is 5.91 Å². The van der Waals surface area contributed by atoms with E-state index in [0.29, 0.717) is 13.0 Å². The molecule has 1 heterocycles. The van der Waals surface area contributed by atoms with Crippen LogP contribution < -0.4 is 5.32 Å². The number of aromatic nitrogens is 1. The SMILES string of the molecule is Cc1ccc2[nH]c(C)c(CCNC(=O)Cc3cccc(Br)c3)c2c1. The largest absolute Gasteiger partial charge is 0.358 e. The fourth-order valence-corrected chi connectivity index (χ4v) is 3.49. The minimum Gasteiger partial charge on any atom is -0.358 e. The molecule has 0 atom stereocenters. The van der Waals surface area contributed by atoms with Crippen LogP contribution >= 0.6 is 15.9 Å². The number of nitrogens with one attached hydrogen (secondary N) is 2. The van der Waals surface area contributed by atoms with E-state index >= 15 is 0 Å².